The first kappa shape index (κ1) is 15.0. The quantitative estimate of drug-likeness (QED) is 0.934. The van der Waals surface area contributed by atoms with Crippen LogP contribution in [-0.2, 0) is 24.3 Å². The van der Waals surface area contributed by atoms with Crippen LogP contribution in [0.25, 0.3) is 0 Å². The third-order valence-corrected chi connectivity index (χ3v) is 4.68. The number of aryl methyl sites for hydroxylation is 1. The minimum atomic E-state index is -0.00495. The van der Waals surface area contributed by atoms with Gasteiger partial charge in [-0.05, 0) is 41.8 Å². The van der Waals surface area contributed by atoms with E-state index in [2.05, 4.69) is 23.2 Å². The van der Waals surface area contributed by atoms with Crippen LogP contribution in [0.15, 0.2) is 35.5 Å². The Hall–Kier alpha value is -2.53. The Bertz CT molecular complexity index is 858. The minimum absolute atomic E-state index is 0.00495. The molecule has 0 unspecified atom stereocenters. The predicted octanol–water partition coefficient (Wildman–Crippen LogP) is 1.62. The van der Waals surface area contributed by atoms with Gasteiger partial charge >= 0.3 is 0 Å². The van der Waals surface area contributed by atoms with Crippen LogP contribution in [-0.4, -0.2) is 39.8 Å². The molecule has 24 heavy (non-hydrogen) atoms. The van der Waals surface area contributed by atoms with Crippen LogP contribution in [0.1, 0.15) is 33.5 Å². The van der Waals surface area contributed by atoms with Crippen molar-refractivity contribution in [2.24, 2.45) is 4.99 Å². The topological polar surface area (TPSA) is 65.8 Å². The number of pyridine rings is 1. The highest BCUT2D eigenvalue weighted by atomic mass is 16.3. The first-order valence-electron chi connectivity index (χ1n) is 8.17. The minimum Gasteiger partial charge on any atom is -0.395 e. The van der Waals surface area contributed by atoms with Crippen molar-refractivity contribution in [1.29, 1.82) is 0 Å². The summed E-state index contributed by atoms with van der Waals surface area (Å²) in [6.45, 7) is 3.58. The Morgan fingerprint density at radius 3 is 2.88 bits per heavy atom. The van der Waals surface area contributed by atoms with E-state index in [1.54, 1.807) is 4.90 Å². The molecule has 0 saturated heterocycles. The number of β-amino-alcohol motifs (C(OH)–C–C–N with tert-alkyl or cyclic N) is 1. The number of hydrogen-bond donors (Lipinski definition) is 1. The van der Waals surface area contributed by atoms with Gasteiger partial charge in [0.25, 0.3) is 0 Å². The van der Waals surface area contributed by atoms with Crippen molar-refractivity contribution in [2.45, 2.75) is 26.4 Å². The van der Waals surface area contributed by atoms with Crippen LogP contribution in [0.3, 0.4) is 0 Å². The molecule has 0 saturated carbocycles. The fourth-order valence-corrected chi connectivity index (χ4v) is 3.49. The van der Waals surface area contributed by atoms with Gasteiger partial charge in [-0.2, -0.15) is 0 Å². The van der Waals surface area contributed by atoms with E-state index in [1.807, 2.05) is 19.2 Å². The van der Waals surface area contributed by atoms with Crippen molar-refractivity contribution in [3.8, 4) is 0 Å². The first-order valence-corrected chi connectivity index (χ1v) is 8.17. The zero-order valence-electron chi connectivity index (χ0n) is 13.6. The Labute approximate surface area is 140 Å². The number of carbonyl (C=O) groups excluding carboxylic acids is 1. The van der Waals surface area contributed by atoms with Gasteiger partial charge in [-0.15, -0.1) is 0 Å². The van der Waals surface area contributed by atoms with Crippen molar-refractivity contribution in [3.63, 3.8) is 0 Å². The molecule has 0 spiro atoms. The fourth-order valence-electron chi connectivity index (χ4n) is 3.49. The molecule has 1 N–H and O–H groups in total. The van der Waals surface area contributed by atoms with Gasteiger partial charge in [-0.25, -0.2) is 0 Å². The first-order chi connectivity index (χ1) is 11.7. The van der Waals surface area contributed by atoms with E-state index in [-0.39, 0.29) is 12.5 Å². The molecule has 1 aromatic heterocycles. The van der Waals surface area contributed by atoms with E-state index in [0.29, 0.717) is 26.1 Å². The van der Waals surface area contributed by atoms with E-state index in [9.17, 15) is 4.79 Å². The standard InChI is InChI=1S/C19H19N3O2/c1-12-6-13(2-3-20-12)19-17-8-16-11-22(4-5-23)18(24)9-14(16)7-15(17)10-21-19/h2-3,6-8,23H,4-5,9-11H2,1H3. The number of carbonyl (C=O) groups is 1. The van der Waals surface area contributed by atoms with Gasteiger partial charge in [0, 0.05) is 36.1 Å². The van der Waals surface area contributed by atoms with Gasteiger partial charge in [-0.3, -0.25) is 14.8 Å². The van der Waals surface area contributed by atoms with Crippen molar-refractivity contribution in [1.82, 2.24) is 9.88 Å². The van der Waals surface area contributed by atoms with Gasteiger partial charge < -0.3 is 10.0 Å². The highest BCUT2D eigenvalue weighted by molar-refractivity contribution is 6.15. The summed E-state index contributed by atoms with van der Waals surface area (Å²) in [7, 11) is 0. The molecule has 0 radical (unpaired) electrons. The predicted molar refractivity (Wildman–Crippen MR) is 91.0 cm³/mol. The molecule has 0 aliphatic carbocycles. The largest absolute Gasteiger partial charge is 0.395 e. The summed E-state index contributed by atoms with van der Waals surface area (Å²) in [5.41, 5.74) is 7.64. The van der Waals surface area contributed by atoms with Crippen LogP contribution in [0.5, 0.6) is 0 Å². The summed E-state index contributed by atoms with van der Waals surface area (Å²) in [5.74, 6) is 0.0837. The molecule has 122 valence electrons. The van der Waals surface area contributed by atoms with Crippen molar-refractivity contribution in [3.05, 3.63) is 64.0 Å². The van der Waals surface area contributed by atoms with Gasteiger partial charge in [0.2, 0.25) is 5.91 Å². The highest BCUT2D eigenvalue weighted by Gasteiger charge is 2.26. The zero-order chi connectivity index (χ0) is 16.7. The van der Waals surface area contributed by atoms with E-state index in [1.165, 1.54) is 5.56 Å². The number of hydrogen-bond acceptors (Lipinski definition) is 4. The number of aliphatic imine (C=N–C) groups is 1. The molecule has 2 aromatic rings. The van der Waals surface area contributed by atoms with Gasteiger partial charge in [-0.1, -0.05) is 6.07 Å². The average molecular weight is 321 g/mol. The lowest BCUT2D eigenvalue weighted by Crippen LogP contribution is -2.38. The SMILES string of the molecule is Cc1cc(C2=NCc3cc4c(cc32)CN(CCO)C(=O)C4)ccn1. The van der Waals surface area contributed by atoms with E-state index in [4.69, 9.17) is 10.1 Å². The molecule has 1 amide bonds. The maximum atomic E-state index is 12.1. The summed E-state index contributed by atoms with van der Waals surface area (Å²) >= 11 is 0. The number of aromatic nitrogens is 1. The summed E-state index contributed by atoms with van der Waals surface area (Å²) in [4.78, 5) is 22.8. The monoisotopic (exact) mass is 321 g/mol. The van der Waals surface area contributed by atoms with Crippen LogP contribution >= 0.6 is 0 Å². The zero-order valence-corrected chi connectivity index (χ0v) is 13.6. The Balaban J connectivity index is 1.72. The molecule has 1 aromatic carbocycles. The number of fused-ring (bicyclic) bond motifs is 2. The molecule has 0 fully saturated rings. The van der Waals surface area contributed by atoms with Gasteiger partial charge in [0.1, 0.15) is 0 Å². The van der Waals surface area contributed by atoms with E-state index >= 15 is 0 Å². The summed E-state index contributed by atoms with van der Waals surface area (Å²) in [6, 6.07) is 8.34. The van der Waals surface area contributed by atoms with Crippen molar-refractivity contribution < 1.29 is 9.90 Å². The number of benzene rings is 1. The molecular weight excluding hydrogens is 302 g/mol. The van der Waals surface area contributed by atoms with Crippen molar-refractivity contribution in [2.75, 3.05) is 13.2 Å². The number of nitrogens with zero attached hydrogens (tertiary/aromatic N) is 3. The molecule has 2 aliphatic rings. The summed E-state index contributed by atoms with van der Waals surface area (Å²) < 4.78 is 0. The molecule has 4 rings (SSSR count). The molecule has 5 heteroatoms. The number of aliphatic hydroxyl groups is 1. The van der Waals surface area contributed by atoms with Crippen molar-refractivity contribution >= 4 is 11.6 Å². The van der Waals surface area contributed by atoms with Crippen LogP contribution in [0.2, 0.25) is 0 Å². The highest BCUT2D eigenvalue weighted by Crippen LogP contribution is 2.29. The smallest absolute Gasteiger partial charge is 0.227 e. The van der Waals surface area contributed by atoms with Crippen LogP contribution in [0, 0.1) is 6.92 Å². The fraction of sp³-hybridized carbons (Fsp3) is 0.316. The number of aliphatic hydroxyl groups excluding tert-OH is 1. The third-order valence-electron chi connectivity index (χ3n) is 4.68. The second-order valence-corrected chi connectivity index (χ2v) is 6.34. The average Bonchev–Trinajstić information content (AvgIpc) is 2.96. The molecule has 0 atom stereocenters. The van der Waals surface area contributed by atoms with Gasteiger partial charge in [0.05, 0.1) is 25.3 Å². The maximum absolute atomic E-state index is 12.1. The second kappa shape index (κ2) is 5.83. The van der Waals surface area contributed by atoms with E-state index in [0.717, 1.165) is 33.7 Å². The van der Waals surface area contributed by atoms with Crippen LogP contribution < -0.4 is 0 Å². The number of rotatable bonds is 3. The van der Waals surface area contributed by atoms with Crippen LogP contribution in [0.4, 0.5) is 0 Å². The Morgan fingerprint density at radius 1 is 1.21 bits per heavy atom. The van der Waals surface area contributed by atoms with E-state index < -0.39 is 0 Å². The molecular formula is C19H19N3O2. The van der Waals surface area contributed by atoms with Gasteiger partial charge in [0.15, 0.2) is 0 Å². The maximum Gasteiger partial charge on any atom is 0.227 e. The molecule has 2 aliphatic heterocycles. The lowest BCUT2D eigenvalue weighted by molar-refractivity contribution is -0.132. The Kier molecular flexibility index (Phi) is 3.65. The second-order valence-electron chi connectivity index (χ2n) is 6.34. The summed E-state index contributed by atoms with van der Waals surface area (Å²) in [5, 5.41) is 9.14. The lowest BCUT2D eigenvalue weighted by Gasteiger charge is -2.29. The molecule has 3 heterocycles. The Morgan fingerprint density at radius 2 is 2.08 bits per heavy atom. The molecule has 5 nitrogen and oxygen atoms in total. The lowest BCUT2D eigenvalue weighted by atomic mass is 9.91. The summed E-state index contributed by atoms with van der Waals surface area (Å²) in [6.07, 6.45) is 2.22. The molecule has 0 bridgehead atoms. The normalized spacial score (nSPS) is 16.0. The third kappa shape index (κ3) is 2.51. The number of amides is 1.